The largest absolute Gasteiger partial charge is 0.562 e. The molecular formula is C5H6O2Y-2. The van der Waals surface area contributed by atoms with Crippen molar-refractivity contribution in [3.8, 4) is 0 Å². The molecule has 0 unspecified atom stereocenters. The minimum atomic E-state index is -1.14. The molecule has 0 heterocycles. The first-order valence-electron chi connectivity index (χ1n) is 2.31. The Hall–Kier alpha value is 0.314. The molecule has 0 aliphatic heterocycles. The van der Waals surface area contributed by atoms with Gasteiger partial charge in [0.2, 0.25) is 0 Å². The average Bonchev–Trinajstić information content (AvgIpc) is 1.67. The van der Waals surface area contributed by atoms with Crippen LogP contribution < -0.4 is 0 Å². The van der Waals surface area contributed by atoms with Crippen LogP contribution in [0.25, 0.3) is 0 Å². The summed E-state index contributed by atoms with van der Waals surface area (Å²) in [6.45, 7) is 5.84. The van der Waals surface area contributed by atoms with Gasteiger partial charge in [-0.3, -0.25) is 6.58 Å². The summed E-state index contributed by atoms with van der Waals surface area (Å²) in [7, 11) is 0. The van der Waals surface area contributed by atoms with E-state index in [2.05, 4.69) is 0 Å². The van der Waals surface area contributed by atoms with Crippen molar-refractivity contribution in [3.05, 3.63) is 19.1 Å². The van der Waals surface area contributed by atoms with Crippen molar-refractivity contribution in [1.82, 2.24) is 0 Å². The van der Waals surface area contributed by atoms with E-state index in [-0.39, 0.29) is 44.7 Å². The van der Waals surface area contributed by atoms with Gasteiger partial charge in [-0.05, 0) is 0 Å². The summed E-state index contributed by atoms with van der Waals surface area (Å²) in [6, 6.07) is 0. The zero-order valence-electron chi connectivity index (χ0n) is 5.29. The fourth-order valence-corrected chi connectivity index (χ4v) is 0.0873. The Balaban J connectivity index is 0. The molecule has 0 saturated heterocycles. The van der Waals surface area contributed by atoms with Gasteiger partial charge in [0.15, 0.2) is 5.97 Å². The second-order valence-corrected chi connectivity index (χ2v) is 1.03. The number of rotatable bonds is 3. The molecule has 43 valence electrons. The van der Waals surface area contributed by atoms with Crippen LogP contribution in [-0.4, -0.2) is 11.1 Å². The number of carbonyl (C=O) groups is 1. The third kappa shape index (κ3) is 4.47. The molecule has 1 N–H and O–H groups in total. The molecular weight excluding hydrogens is 181 g/mol. The molecule has 0 aliphatic carbocycles. The van der Waals surface area contributed by atoms with Gasteiger partial charge in [-0.1, -0.05) is 0 Å². The molecule has 0 aromatic rings. The van der Waals surface area contributed by atoms with Crippen molar-refractivity contribution in [2.75, 3.05) is 0 Å². The van der Waals surface area contributed by atoms with Crippen LogP contribution in [0, 0.1) is 13.5 Å². The topological polar surface area (TPSA) is 37.3 Å². The van der Waals surface area contributed by atoms with Gasteiger partial charge in [-0.2, -0.15) is 12.0 Å². The summed E-state index contributed by atoms with van der Waals surface area (Å²) in [5, 5.41) is 8.05. The number of aliphatic carboxylic acids is 1. The standard InChI is InChI=1S/C5H6O2.Y/c1-3-4(2)5(6)7;/h2H,1,3H2,(H,6,7);/q-2;/i1T;. The SMILES string of the molecule is [3H][CH-]CC(=[CH-])C(=O)O.[Y]. The van der Waals surface area contributed by atoms with Gasteiger partial charge in [0.05, 0.1) is 0 Å². The monoisotopic (exact) mass is 189 g/mol. The molecule has 0 fully saturated rings. The van der Waals surface area contributed by atoms with Gasteiger partial charge in [-0.15, -0.1) is 0 Å². The Morgan fingerprint density at radius 1 is 2.00 bits per heavy atom. The Morgan fingerprint density at radius 2 is 2.50 bits per heavy atom. The Labute approximate surface area is 75.3 Å². The molecule has 0 rings (SSSR count). The molecule has 1 radical (unpaired) electrons. The van der Waals surface area contributed by atoms with E-state index in [1.54, 1.807) is 0 Å². The smallest absolute Gasteiger partial charge is 0.165 e. The summed E-state index contributed by atoms with van der Waals surface area (Å²) >= 11 is 0. The first-order valence-corrected chi connectivity index (χ1v) is 1.73. The first kappa shape index (κ1) is 8.31. The maximum absolute atomic E-state index is 9.82. The predicted octanol–water partition coefficient (Wildman–Crippen LogP) is 0.652. The average molecular weight is 189 g/mol. The van der Waals surface area contributed by atoms with Crippen LogP contribution in [0.15, 0.2) is 5.57 Å². The quantitative estimate of drug-likeness (QED) is 0.522. The third-order valence-electron chi connectivity index (χ3n) is 0.495. The van der Waals surface area contributed by atoms with Crippen molar-refractivity contribution in [3.63, 3.8) is 0 Å². The van der Waals surface area contributed by atoms with Gasteiger partial charge < -0.3 is 16.8 Å². The Bertz CT molecular complexity index is 114. The van der Waals surface area contributed by atoms with E-state index in [9.17, 15) is 4.79 Å². The summed E-state index contributed by atoms with van der Waals surface area (Å²) in [5.74, 6) is -1.14. The van der Waals surface area contributed by atoms with Crippen LogP contribution in [-0.2, 0) is 37.5 Å². The zero-order valence-corrected chi connectivity index (χ0v) is 7.13. The predicted molar refractivity (Wildman–Crippen MR) is 25.4 cm³/mol. The molecule has 8 heavy (non-hydrogen) atoms. The van der Waals surface area contributed by atoms with Crippen molar-refractivity contribution in [2.24, 2.45) is 0 Å². The molecule has 2 nitrogen and oxygen atoms in total. The van der Waals surface area contributed by atoms with Crippen LogP contribution in [0.4, 0.5) is 0 Å². The molecule has 0 spiro atoms. The van der Waals surface area contributed by atoms with Crippen LogP contribution in [0.5, 0.6) is 0 Å². The molecule has 0 amide bonds. The molecule has 3 heteroatoms. The normalized spacial score (nSPS) is 8.75. The van der Waals surface area contributed by atoms with Crippen LogP contribution in [0.3, 0.4) is 0 Å². The minimum Gasteiger partial charge on any atom is -0.562 e. The summed E-state index contributed by atoms with van der Waals surface area (Å²) < 4.78 is 6.44. The van der Waals surface area contributed by atoms with E-state index >= 15 is 0 Å². The second-order valence-electron chi connectivity index (χ2n) is 1.03. The molecule has 0 atom stereocenters. The van der Waals surface area contributed by atoms with Gasteiger partial charge in [0.1, 0.15) is 0 Å². The Morgan fingerprint density at radius 3 is 2.62 bits per heavy atom. The van der Waals surface area contributed by atoms with Crippen LogP contribution in [0.1, 0.15) is 7.79 Å². The first-order chi connectivity index (χ1) is 3.68. The molecule has 0 bridgehead atoms. The van der Waals surface area contributed by atoms with Crippen molar-refractivity contribution >= 4 is 5.97 Å². The van der Waals surface area contributed by atoms with Crippen molar-refractivity contribution in [2.45, 2.75) is 6.42 Å². The fourth-order valence-electron chi connectivity index (χ4n) is 0.0873. The van der Waals surface area contributed by atoms with Gasteiger partial charge in [0, 0.05) is 32.7 Å². The van der Waals surface area contributed by atoms with E-state index in [1.165, 1.54) is 0 Å². The zero-order chi connectivity index (χ0) is 6.57. The third-order valence-corrected chi connectivity index (χ3v) is 0.495. The van der Waals surface area contributed by atoms with Crippen LogP contribution >= 0.6 is 0 Å². The number of hydrogen-bond donors (Lipinski definition) is 1. The minimum absolute atomic E-state index is 0. The van der Waals surface area contributed by atoms with E-state index in [0.29, 0.717) is 0 Å². The maximum Gasteiger partial charge on any atom is 0.165 e. The number of carboxylic acid groups (broad SMARTS) is 1. The van der Waals surface area contributed by atoms with E-state index in [4.69, 9.17) is 13.1 Å². The molecule has 0 aromatic carbocycles. The summed E-state index contributed by atoms with van der Waals surface area (Å²) in [6.07, 6.45) is 0.0231. The Kier molecular flexibility index (Phi) is 5.66. The molecule has 0 aliphatic rings. The second kappa shape index (κ2) is 5.45. The fraction of sp³-hybridized carbons (Fsp3) is 0.200. The summed E-state index contributed by atoms with van der Waals surface area (Å²) in [5.41, 5.74) is -0.194. The van der Waals surface area contributed by atoms with Crippen molar-refractivity contribution < 1.29 is 44.0 Å². The van der Waals surface area contributed by atoms with Gasteiger partial charge in [0.25, 0.3) is 0 Å². The van der Waals surface area contributed by atoms with E-state index in [1.807, 2.05) is 0 Å². The number of carboxylic acids is 1. The number of hydrogen-bond acceptors (Lipinski definition) is 1. The maximum atomic E-state index is 9.82. The molecule has 0 saturated carbocycles. The summed E-state index contributed by atoms with van der Waals surface area (Å²) in [4.78, 5) is 9.82. The molecule has 0 aromatic heterocycles. The van der Waals surface area contributed by atoms with Crippen molar-refractivity contribution in [1.29, 1.82) is 0 Å². The van der Waals surface area contributed by atoms with Gasteiger partial charge >= 0.3 is 0 Å². The van der Waals surface area contributed by atoms with Crippen LogP contribution in [0.2, 0.25) is 0 Å². The van der Waals surface area contributed by atoms with E-state index in [0.717, 1.165) is 6.90 Å². The van der Waals surface area contributed by atoms with Gasteiger partial charge in [-0.25, -0.2) is 1.37 Å². The van der Waals surface area contributed by atoms with E-state index < -0.39 is 5.97 Å².